The van der Waals surface area contributed by atoms with Gasteiger partial charge in [-0.25, -0.2) is 0 Å². The van der Waals surface area contributed by atoms with Crippen LogP contribution in [0.25, 0.3) is 0 Å². The van der Waals surface area contributed by atoms with Crippen molar-refractivity contribution in [3.05, 3.63) is 0 Å². The van der Waals surface area contributed by atoms with Gasteiger partial charge < -0.3 is 15.7 Å². The van der Waals surface area contributed by atoms with Gasteiger partial charge in [0.15, 0.2) is 0 Å². The third kappa shape index (κ3) is 3.53. The highest BCUT2D eigenvalue weighted by atomic mass is 16.3. The summed E-state index contributed by atoms with van der Waals surface area (Å²) in [5.74, 6) is 0.828. The number of hydrogen-bond acceptors (Lipinski definition) is 3. The van der Waals surface area contributed by atoms with Crippen LogP contribution < -0.4 is 10.6 Å². The first-order valence-electron chi connectivity index (χ1n) is 8.21. The molecule has 2 rings (SSSR count). The van der Waals surface area contributed by atoms with Gasteiger partial charge in [-0.3, -0.25) is 4.79 Å². The van der Waals surface area contributed by atoms with Gasteiger partial charge in [-0.05, 0) is 57.4 Å². The summed E-state index contributed by atoms with van der Waals surface area (Å²) in [6.07, 6.45) is 6.62. The summed E-state index contributed by atoms with van der Waals surface area (Å²) in [6, 6.07) is 0. The lowest BCUT2D eigenvalue weighted by atomic mass is 9.76. The van der Waals surface area contributed by atoms with Crippen molar-refractivity contribution in [2.24, 2.45) is 11.3 Å². The topological polar surface area (TPSA) is 61.4 Å². The summed E-state index contributed by atoms with van der Waals surface area (Å²) in [5.41, 5.74) is -0.949. The highest BCUT2D eigenvalue weighted by Crippen LogP contribution is 2.33. The number of rotatable bonds is 4. The Bertz CT molecular complexity index is 329. The fourth-order valence-electron chi connectivity index (χ4n) is 3.53. The molecule has 3 N–H and O–H groups in total. The second-order valence-electron chi connectivity index (χ2n) is 7.00. The molecule has 0 bridgehead atoms. The molecule has 1 aliphatic carbocycles. The van der Waals surface area contributed by atoms with E-state index in [2.05, 4.69) is 24.5 Å². The van der Waals surface area contributed by atoms with Crippen molar-refractivity contribution < 1.29 is 9.90 Å². The normalized spacial score (nSPS) is 38.5. The minimum Gasteiger partial charge on any atom is -0.388 e. The Labute approximate surface area is 122 Å². The smallest absolute Gasteiger partial charge is 0.227 e. The second kappa shape index (κ2) is 6.44. The molecule has 1 saturated carbocycles. The zero-order chi connectivity index (χ0) is 14.6. The van der Waals surface area contributed by atoms with Gasteiger partial charge in [0.25, 0.3) is 0 Å². The fraction of sp³-hybridized carbons (Fsp3) is 0.938. The number of piperidine rings is 1. The zero-order valence-electron chi connectivity index (χ0n) is 13.0. The lowest BCUT2D eigenvalue weighted by Gasteiger charge is -2.38. The van der Waals surface area contributed by atoms with Gasteiger partial charge in [-0.1, -0.05) is 13.8 Å². The van der Waals surface area contributed by atoms with E-state index in [1.807, 2.05) is 0 Å². The fourth-order valence-corrected chi connectivity index (χ4v) is 3.53. The van der Waals surface area contributed by atoms with Crippen LogP contribution in [0.4, 0.5) is 0 Å². The van der Waals surface area contributed by atoms with Gasteiger partial charge in [0.2, 0.25) is 5.91 Å². The molecular weight excluding hydrogens is 252 g/mol. The van der Waals surface area contributed by atoms with Crippen molar-refractivity contribution in [3.8, 4) is 0 Å². The average Bonchev–Trinajstić information content (AvgIpc) is 2.49. The van der Waals surface area contributed by atoms with Gasteiger partial charge in [0.05, 0.1) is 11.0 Å². The quantitative estimate of drug-likeness (QED) is 0.737. The van der Waals surface area contributed by atoms with E-state index in [-0.39, 0.29) is 11.3 Å². The molecule has 0 aromatic heterocycles. The van der Waals surface area contributed by atoms with Crippen LogP contribution >= 0.6 is 0 Å². The Hall–Kier alpha value is -0.610. The minimum atomic E-state index is -0.681. The number of nitrogens with one attached hydrogen (secondary N) is 2. The van der Waals surface area contributed by atoms with Crippen LogP contribution in [0, 0.1) is 11.3 Å². The van der Waals surface area contributed by atoms with E-state index in [9.17, 15) is 9.90 Å². The van der Waals surface area contributed by atoms with Crippen LogP contribution in [0.1, 0.15) is 58.8 Å². The van der Waals surface area contributed by atoms with Gasteiger partial charge in [-0.2, -0.15) is 0 Å². The van der Waals surface area contributed by atoms with Crippen LogP contribution in [0.5, 0.6) is 0 Å². The third-order valence-electron chi connectivity index (χ3n) is 5.41. The molecule has 0 aromatic carbocycles. The standard InChI is InChI=1S/C16H30N2O2/c1-3-15(7-4-10-17-11-15)14(19)18-12-16(20)8-5-13(2)6-9-16/h13,17,20H,3-12H2,1-2H3,(H,18,19). The van der Waals surface area contributed by atoms with E-state index >= 15 is 0 Å². The van der Waals surface area contributed by atoms with Gasteiger partial charge in [-0.15, -0.1) is 0 Å². The molecule has 1 aliphatic heterocycles. The van der Waals surface area contributed by atoms with Crippen LogP contribution in [-0.4, -0.2) is 36.2 Å². The van der Waals surface area contributed by atoms with Crippen molar-refractivity contribution in [2.75, 3.05) is 19.6 Å². The molecule has 4 nitrogen and oxygen atoms in total. The summed E-state index contributed by atoms with van der Waals surface area (Å²) < 4.78 is 0. The largest absolute Gasteiger partial charge is 0.388 e. The number of carbonyl (C=O) groups is 1. The van der Waals surface area contributed by atoms with Gasteiger partial charge in [0, 0.05) is 13.1 Å². The highest BCUT2D eigenvalue weighted by Gasteiger charge is 2.39. The molecule has 0 spiro atoms. The summed E-state index contributed by atoms with van der Waals surface area (Å²) in [4.78, 5) is 12.5. The van der Waals surface area contributed by atoms with Crippen LogP contribution in [0.2, 0.25) is 0 Å². The molecular formula is C16H30N2O2. The van der Waals surface area contributed by atoms with Crippen molar-refractivity contribution in [1.29, 1.82) is 0 Å². The molecule has 1 atom stereocenters. The summed E-state index contributed by atoms with van der Waals surface area (Å²) >= 11 is 0. The maximum Gasteiger partial charge on any atom is 0.227 e. The lowest BCUT2D eigenvalue weighted by Crippen LogP contribution is -2.53. The van der Waals surface area contributed by atoms with E-state index in [0.717, 1.165) is 58.0 Å². The minimum absolute atomic E-state index is 0.124. The summed E-state index contributed by atoms with van der Waals surface area (Å²) in [6.45, 7) is 6.52. The van der Waals surface area contributed by atoms with E-state index in [4.69, 9.17) is 0 Å². The summed E-state index contributed by atoms with van der Waals surface area (Å²) in [5, 5.41) is 16.9. The Morgan fingerprint density at radius 2 is 2.05 bits per heavy atom. The highest BCUT2D eigenvalue weighted by molar-refractivity contribution is 5.83. The van der Waals surface area contributed by atoms with Crippen molar-refractivity contribution in [1.82, 2.24) is 10.6 Å². The predicted octanol–water partition coefficient (Wildman–Crippen LogP) is 1.82. The van der Waals surface area contributed by atoms with Crippen LogP contribution in [0.3, 0.4) is 0 Å². The molecule has 20 heavy (non-hydrogen) atoms. The maximum atomic E-state index is 12.5. The molecule has 0 radical (unpaired) electrons. The van der Waals surface area contributed by atoms with E-state index in [1.165, 1.54) is 0 Å². The molecule has 2 aliphatic rings. The first kappa shape index (κ1) is 15.8. The monoisotopic (exact) mass is 282 g/mol. The van der Waals surface area contributed by atoms with Crippen molar-refractivity contribution >= 4 is 5.91 Å². The average molecular weight is 282 g/mol. The molecule has 1 amide bonds. The summed E-state index contributed by atoms with van der Waals surface area (Å²) in [7, 11) is 0. The molecule has 0 aromatic rings. The molecule has 1 saturated heterocycles. The predicted molar refractivity (Wildman–Crippen MR) is 80.4 cm³/mol. The van der Waals surface area contributed by atoms with Crippen molar-refractivity contribution in [3.63, 3.8) is 0 Å². The Kier molecular flexibility index (Phi) is 5.08. The molecule has 4 heteroatoms. The van der Waals surface area contributed by atoms with Gasteiger partial charge in [0.1, 0.15) is 0 Å². The number of hydrogen-bond donors (Lipinski definition) is 3. The Balaban J connectivity index is 1.87. The first-order valence-corrected chi connectivity index (χ1v) is 8.21. The SMILES string of the molecule is CCC1(C(=O)NCC2(O)CCC(C)CC2)CCCNC1. The van der Waals surface area contributed by atoms with Crippen LogP contribution in [0.15, 0.2) is 0 Å². The number of amides is 1. The zero-order valence-corrected chi connectivity index (χ0v) is 13.0. The molecule has 1 heterocycles. The first-order chi connectivity index (χ1) is 9.50. The third-order valence-corrected chi connectivity index (χ3v) is 5.41. The van der Waals surface area contributed by atoms with Crippen molar-refractivity contribution in [2.45, 2.75) is 64.4 Å². The van der Waals surface area contributed by atoms with E-state index in [0.29, 0.717) is 12.5 Å². The second-order valence-corrected chi connectivity index (χ2v) is 7.00. The number of aliphatic hydroxyl groups is 1. The van der Waals surface area contributed by atoms with E-state index < -0.39 is 5.60 Å². The Morgan fingerprint density at radius 1 is 1.35 bits per heavy atom. The molecule has 116 valence electrons. The van der Waals surface area contributed by atoms with Crippen LogP contribution in [-0.2, 0) is 4.79 Å². The maximum absolute atomic E-state index is 12.5. The lowest BCUT2D eigenvalue weighted by molar-refractivity contribution is -0.134. The Morgan fingerprint density at radius 3 is 2.60 bits per heavy atom. The van der Waals surface area contributed by atoms with E-state index in [1.54, 1.807) is 0 Å². The molecule has 2 fully saturated rings. The number of carbonyl (C=O) groups excluding carboxylic acids is 1. The van der Waals surface area contributed by atoms with Gasteiger partial charge >= 0.3 is 0 Å². The molecule has 1 unspecified atom stereocenters.